The molecule has 1 amide bonds. The van der Waals surface area contributed by atoms with Crippen molar-refractivity contribution in [1.29, 1.82) is 0 Å². The van der Waals surface area contributed by atoms with Crippen molar-refractivity contribution in [3.63, 3.8) is 0 Å². The van der Waals surface area contributed by atoms with Gasteiger partial charge in [0.25, 0.3) is 5.91 Å². The molecule has 0 spiro atoms. The van der Waals surface area contributed by atoms with Crippen LogP contribution in [0, 0.1) is 0 Å². The van der Waals surface area contributed by atoms with Crippen LogP contribution in [0.3, 0.4) is 0 Å². The zero-order valence-corrected chi connectivity index (χ0v) is 19.1. The third-order valence-electron chi connectivity index (χ3n) is 5.22. The van der Waals surface area contributed by atoms with Crippen LogP contribution in [0.25, 0.3) is 11.0 Å². The molecule has 170 valence electrons. The van der Waals surface area contributed by atoms with Crippen LogP contribution >= 0.6 is 0 Å². The molecular weight excluding hydrogens is 440 g/mol. The van der Waals surface area contributed by atoms with E-state index in [1.807, 2.05) is 54.6 Å². The second-order valence-corrected chi connectivity index (χ2v) is 9.25. The highest BCUT2D eigenvalue weighted by molar-refractivity contribution is 7.89. The number of H-pyrrole nitrogens is 1. The molecule has 1 heterocycles. The van der Waals surface area contributed by atoms with Crippen LogP contribution in [0.4, 0.5) is 5.95 Å². The first kappa shape index (κ1) is 22.5. The fourth-order valence-electron chi connectivity index (χ4n) is 3.50. The summed E-state index contributed by atoms with van der Waals surface area (Å²) >= 11 is 0. The van der Waals surface area contributed by atoms with Crippen molar-refractivity contribution in [1.82, 2.24) is 14.3 Å². The third kappa shape index (κ3) is 4.74. The van der Waals surface area contributed by atoms with Gasteiger partial charge in [0.2, 0.25) is 16.0 Å². The van der Waals surface area contributed by atoms with E-state index in [1.54, 1.807) is 6.92 Å². The summed E-state index contributed by atoms with van der Waals surface area (Å²) in [4.78, 5) is 20.2. The van der Waals surface area contributed by atoms with E-state index in [9.17, 15) is 13.2 Å². The molecule has 1 aromatic heterocycles. The van der Waals surface area contributed by atoms with Crippen molar-refractivity contribution < 1.29 is 17.9 Å². The largest absolute Gasteiger partial charge is 0.495 e. The van der Waals surface area contributed by atoms with Gasteiger partial charge >= 0.3 is 0 Å². The summed E-state index contributed by atoms with van der Waals surface area (Å²) in [5.41, 5.74) is 2.53. The summed E-state index contributed by atoms with van der Waals surface area (Å²) in [7, 11) is -2.54. The highest BCUT2D eigenvalue weighted by atomic mass is 32.2. The molecule has 0 aliphatic rings. The van der Waals surface area contributed by atoms with E-state index in [0.29, 0.717) is 5.52 Å². The Kier molecular flexibility index (Phi) is 6.43. The Labute approximate surface area is 192 Å². The van der Waals surface area contributed by atoms with E-state index >= 15 is 0 Å². The molecule has 0 atom stereocenters. The van der Waals surface area contributed by atoms with E-state index in [1.165, 1.54) is 29.6 Å². The lowest BCUT2D eigenvalue weighted by molar-refractivity contribution is 0.102. The predicted octanol–water partition coefficient (Wildman–Crippen LogP) is 4.03. The minimum atomic E-state index is -3.94. The number of carbonyl (C=O) groups excluding carboxylic acids is 1. The number of ether oxygens (including phenoxy) is 1. The van der Waals surface area contributed by atoms with Crippen LogP contribution in [-0.4, -0.2) is 42.3 Å². The Morgan fingerprint density at radius 2 is 1.79 bits per heavy atom. The minimum Gasteiger partial charge on any atom is -0.495 e. The topological polar surface area (TPSA) is 104 Å². The monoisotopic (exact) mass is 464 g/mol. The molecule has 4 rings (SSSR count). The molecule has 0 fully saturated rings. The Balaban J connectivity index is 1.64. The molecule has 2 N–H and O–H groups in total. The van der Waals surface area contributed by atoms with Gasteiger partial charge in [0.05, 0.1) is 18.1 Å². The molecule has 8 nitrogen and oxygen atoms in total. The molecule has 9 heteroatoms. The van der Waals surface area contributed by atoms with Crippen molar-refractivity contribution in [3.8, 4) is 5.75 Å². The van der Waals surface area contributed by atoms with Crippen LogP contribution < -0.4 is 10.1 Å². The third-order valence-corrected chi connectivity index (χ3v) is 7.16. The van der Waals surface area contributed by atoms with Gasteiger partial charge in [-0.25, -0.2) is 13.4 Å². The first-order valence-electron chi connectivity index (χ1n) is 10.4. The number of hydrogen-bond acceptors (Lipinski definition) is 5. The Morgan fingerprint density at radius 1 is 1.06 bits per heavy atom. The molecular formula is C24H24N4O4S. The number of sulfonamides is 1. The number of para-hydroxylation sites is 2. The molecule has 0 saturated heterocycles. The summed E-state index contributed by atoms with van der Waals surface area (Å²) in [6.07, 6.45) is 0. The van der Waals surface area contributed by atoms with E-state index in [2.05, 4.69) is 15.3 Å². The number of nitrogens with one attached hydrogen (secondary N) is 2. The van der Waals surface area contributed by atoms with Crippen LogP contribution in [0.2, 0.25) is 0 Å². The summed E-state index contributed by atoms with van der Waals surface area (Å²) in [5.74, 6) is -0.0400. The molecule has 33 heavy (non-hydrogen) atoms. The minimum absolute atomic E-state index is 0.0694. The van der Waals surface area contributed by atoms with Gasteiger partial charge in [0, 0.05) is 18.7 Å². The molecule has 0 bridgehead atoms. The SMILES string of the molecule is CCN(Cc1ccccc1)S(=O)(=O)c1cc(C(=O)Nc2nc3ccccc3[nH]2)ccc1OC. The van der Waals surface area contributed by atoms with Gasteiger partial charge in [-0.1, -0.05) is 49.4 Å². The maximum atomic E-state index is 13.5. The summed E-state index contributed by atoms with van der Waals surface area (Å²) < 4.78 is 33.6. The quantitative estimate of drug-likeness (QED) is 0.410. The van der Waals surface area contributed by atoms with Gasteiger partial charge in [-0.2, -0.15) is 4.31 Å². The molecule has 0 radical (unpaired) electrons. The normalized spacial score (nSPS) is 11.6. The van der Waals surface area contributed by atoms with Crippen molar-refractivity contribution in [2.75, 3.05) is 19.0 Å². The number of hydrogen-bond donors (Lipinski definition) is 2. The number of anilines is 1. The van der Waals surface area contributed by atoms with Crippen LogP contribution in [0.15, 0.2) is 77.7 Å². The Bertz CT molecular complexity index is 1350. The van der Waals surface area contributed by atoms with Gasteiger partial charge in [0.15, 0.2) is 0 Å². The van der Waals surface area contributed by atoms with Crippen LogP contribution in [-0.2, 0) is 16.6 Å². The molecule has 0 unspecified atom stereocenters. The fraction of sp³-hybridized carbons (Fsp3) is 0.167. The van der Waals surface area contributed by atoms with Crippen LogP contribution in [0.5, 0.6) is 5.75 Å². The zero-order valence-electron chi connectivity index (χ0n) is 18.3. The number of fused-ring (bicyclic) bond motifs is 1. The highest BCUT2D eigenvalue weighted by Gasteiger charge is 2.28. The number of aromatic amines is 1. The first-order valence-corrected chi connectivity index (χ1v) is 11.8. The first-order chi connectivity index (χ1) is 15.9. The van der Waals surface area contributed by atoms with Crippen molar-refractivity contribution in [2.45, 2.75) is 18.4 Å². The average Bonchev–Trinajstić information content (AvgIpc) is 3.24. The molecule has 4 aromatic rings. The lowest BCUT2D eigenvalue weighted by atomic mass is 10.2. The van der Waals surface area contributed by atoms with Gasteiger partial charge in [-0.3, -0.25) is 10.1 Å². The summed E-state index contributed by atoms with van der Waals surface area (Å²) in [6.45, 7) is 2.24. The van der Waals surface area contributed by atoms with Gasteiger partial charge in [0.1, 0.15) is 10.6 Å². The fourth-order valence-corrected chi connectivity index (χ4v) is 5.12. The number of imidazole rings is 1. The van der Waals surface area contributed by atoms with Crippen molar-refractivity contribution in [3.05, 3.63) is 83.9 Å². The smallest absolute Gasteiger partial charge is 0.258 e. The second-order valence-electron chi connectivity index (χ2n) is 7.34. The molecule has 3 aromatic carbocycles. The van der Waals surface area contributed by atoms with Gasteiger partial charge in [-0.15, -0.1) is 0 Å². The number of aromatic nitrogens is 2. The van der Waals surface area contributed by atoms with Gasteiger partial charge in [-0.05, 0) is 35.9 Å². The maximum absolute atomic E-state index is 13.5. The average molecular weight is 465 g/mol. The molecule has 0 saturated carbocycles. The molecule has 0 aliphatic carbocycles. The number of methoxy groups -OCH3 is 1. The maximum Gasteiger partial charge on any atom is 0.258 e. The van der Waals surface area contributed by atoms with E-state index < -0.39 is 15.9 Å². The molecule has 0 aliphatic heterocycles. The number of amides is 1. The van der Waals surface area contributed by atoms with Gasteiger partial charge < -0.3 is 9.72 Å². The standard InChI is InChI=1S/C24H24N4O4S/c1-3-28(16-17-9-5-4-6-10-17)33(30,31)22-15-18(13-14-21(22)32-2)23(29)27-24-25-19-11-7-8-12-20(19)26-24/h4-15H,3,16H2,1-2H3,(H2,25,26,27,29). The van der Waals surface area contributed by atoms with E-state index in [-0.39, 0.29) is 35.2 Å². The Hall–Kier alpha value is -3.69. The second kappa shape index (κ2) is 9.43. The van der Waals surface area contributed by atoms with Crippen molar-refractivity contribution >= 4 is 32.9 Å². The Morgan fingerprint density at radius 3 is 2.48 bits per heavy atom. The highest BCUT2D eigenvalue weighted by Crippen LogP contribution is 2.29. The van der Waals surface area contributed by atoms with Crippen molar-refractivity contribution in [2.24, 2.45) is 0 Å². The predicted molar refractivity (Wildman–Crippen MR) is 127 cm³/mol. The van der Waals surface area contributed by atoms with E-state index in [4.69, 9.17) is 4.74 Å². The lowest BCUT2D eigenvalue weighted by Crippen LogP contribution is -2.31. The number of nitrogens with zero attached hydrogens (tertiary/aromatic N) is 2. The van der Waals surface area contributed by atoms with E-state index in [0.717, 1.165) is 11.1 Å². The number of rotatable bonds is 8. The summed E-state index contributed by atoms with van der Waals surface area (Å²) in [5, 5.41) is 2.69. The number of carbonyl (C=O) groups is 1. The van der Waals surface area contributed by atoms with Crippen LogP contribution in [0.1, 0.15) is 22.8 Å². The summed E-state index contributed by atoms with van der Waals surface area (Å²) in [6, 6.07) is 21.1. The zero-order chi connectivity index (χ0) is 23.4. The lowest BCUT2D eigenvalue weighted by Gasteiger charge is -2.22. The number of benzene rings is 3.